The van der Waals surface area contributed by atoms with Gasteiger partial charge in [0.2, 0.25) is 5.91 Å². The Morgan fingerprint density at radius 2 is 2.08 bits per heavy atom. The molecule has 0 saturated carbocycles. The molecule has 3 nitrogen and oxygen atoms in total. The van der Waals surface area contributed by atoms with Crippen molar-refractivity contribution < 1.29 is 4.79 Å². The Morgan fingerprint density at radius 1 is 1.38 bits per heavy atom. The van der Waals surface area contributed by atoms with Crippen molar-refractivity contribution in [2.75, 3.05) is 7.05 Å². The van der Waals surface area contributed by atoms with Gasteiger partial charge in [-0.25, -0.2) is 5.01 Å². The maximum absolute atomic E-state index is 11.1. The average molecular weight is 176 g/mol. The molecule has 1 atom stereocenters. The lowest BCUT2D eigenvalue weighted by atomic mass is 10.1. The molecule has 3 heteroatoms. The molecule has 1 aliphatic heterocycles. The molecule has 13 heavy (non-hydrogen) atoms. The van der Waals surface area contributed by atoms with Crippen LogP contribution in [0.4, 0.5) is 0 Å². The summed E-state index contributed by atoms with van der Waals surface area (Å²) in [5.74, 6) is 0.0938. The standard InChI is InChI=1S/C10H12N2O/c1-12-9(7-10(13)11-12)8-5-3-2-4-6-8/h2-6,9H,7H2,1H3,(H,11,13)/t9-/m1/s1. The summed E-state index contributed by atoms with van der Waals surface area (Å²) in [6, 6.07) is 10.2. The SMILES string of the molecule is CN1NC(=O)C[C@@H]1c1ccccc1. The van der Waals surface area contributed by atoms with Crippen molar-refractivity contribution in [3.63, 3.8) is 0 Å². The second-order valence-electron chi connectivity index (χ2n) is 3.28. The monoisotopic (exact) mass is 176 g/mol. The van der Waals surface area contributed by atoms with E-state index in [1.54, 1.807) is 0 Å². The highest BCUT2D eigenvalue weighted by molar-refractivity contribution is 5.78. The molecule has 0 unspecified atom stereocenters. The van der Waals surface area contributed by atoms with Crippen molar-refractivity contribution in [2.45, 2.75) is 12.5 Å². The zero-order valence-electron chi connectivity index (χ0n) is 7.53. The molecule has 68 valence electrons. The van der Waals surface area contributed by atoms with E-state index in [2.05, 4.69) is 5.43 Å². The van der Waals surface area contributed by atoms with Crippen molar-refractivity contribution in [2.24, 2.45) is 0 Å². The Bertz CT molecular complexity index is 310. The van der Waals surface area contributed by atoms with E-state index in [0.717, 1.165) is 0 Å². The largest absolute Gasteiger partial charge is 0.289 e. The van der Waals surface area contributed by atoms with Crippen LogP contribution in [0.2, 0.25) is 0 Å². The van der Waals surface area contributed by atoms with Crippen LogP contribution < -0.4 is 5.43 Å². The number of benzene rings is 1. The fraction of sp³-hybridized carbons (Fsp3) is 0.300. The number of amides is 1. The van der Waals surface area contributed by atoms with Gasteiger partial charge in [-0.3, -0.25) is 10.2 Å². The van der Waals surface area contributed by atoms with Gasteiger partial charge in [-0.1, -0.05) is 30.3 Å². The fourth-order valence-electron chi connectivity index (χ4n) is 1.65. The molecule has 0 spiro atoms. The van der Waals surface area contributed by atoms with Gasteiger partial charge in [0.25, 0.3) is 0 Å². The summed E-state index contributed by atoms with van der Waals surface area (Å²) >= 11 is 0. The highest BCUT2D eigenvalue weighted by Gasteiger charge is 2.27. The van der Waals surface area contributed by atoms with E-state index >= 15 is 0 Å². The second-order valence-corrected chi connectivity index (χ2v) is 3.28. The first-order valence-electron chi connectivity index (χ1n) is 4.34. The number of rotatable bonds is 1. The van der Waals surface area contributed by atoms with Crippen molar-refractivity contribution in [3.05, 3.63) is 35.9 Å². The van der Waals surface area contributed by atoms with E-state index in [1.807, 2.05) is 42.4 Å². The summed E-state index contributed by atoms with van der Waals surface area (Å²) in [6.45, 7) is 0. The Hall–Kier alpha value is -1.35. The molecule has 1 aromatic carbocycles. The Morgan fingerprint density at radius 3 is 2.62 bits per heavy atom. The van der Waals surface area contributed by atoms with Gasteiger partial charge >= 0.3 is 0 Å². The molecule has 0 bridgehead atoms. The van der Waals surface area contributed by atoms with Crippen LogP contribution >= 0.6 is 0 Å². The number of carbonyl (C=O) groups excluding carboxylic acids is 1. The number of hydrogen-bond acceptors (Lipinski definition) is 2. The van der Waals surface area contributed by atoms with Crippen molar-refractivity contribution in [1.82, 2.24) is 10.4 Å². The third-order valence-electron chi connectivity index (χ3n) is 2.33. The highest BCUT2D eigenvalue weighted by atomic mass is 16.2. The van der Waals surface area contributed by atoms with Gasteiger partial charge in [0.15, 0.2) is 0 Å². The van der Waals surface area contributed by atoms with Gasteiger partial charge in [0.05, 0.1) is 6.04 Å². The number of hydrazine groups is 1. The summed E-state index contributed by atoms with van der Waals surface area (Å²) in [5, 5.41) is 1.86. The third-order valence-corrected chi connectivity index (χ3v) is 2.33. The molecule has 1 fully saturated rings. The molecule has 1 aliphatic rings. The summed E-state index contributed by atoms with van der Waals surface area (Å²) in [5.41, 5.74) is 3.94. The number of nitrogens with zero attached hydrogens (tertiary/aromatic N) is 1. The molecule has 1 amide bonds. The zero-order valence-corrected chi connectivity index (χ0v) is 7.53. The first kappa shape index (κ1) is 8.26. The van der Waals surface area contributed by atoms with Gasteiger partial charge in [-0.2, -0.15) is 0 Å². The molecule has 0 radical (unpaired) electrons. The Balaban J connectivity index is 2.23. The third kappa shape index (κ3) is 1.55. The lowest BCUT2D eigenvalue weighted by Gasteiger charge is -2.17. The lowest BCUT2D eigenvalue weighted by Crippen LogP contribution is -2.30. The van der Waals surface area contributed by atoms with Crippen LogP contribution in [-0.4, -0.2) is 18.0 Å². The van der Waals surface area contributed by atoms with E-state index in [4.69, 9.17) is 0 Å². The molecule has 0 aromatic heterocycles. The smallest absolute Gasteiger partial charge is 0.236 e. The minimum atomic E-state index is 0.0938. The molecular weight excluding hydrogens is 164 g/mol. The van der Waals surface area contributed by atoms with E-state index in [-0.39, 0.29) is 11.9 Å². The van der Waals surface area contributed by atoms with Crippen molar-refractivity contribution >= 4 is 5.91 Å². The van der Waals surface area contributed by atoms with Crippen LogP contribution in [0.25, 0.3) is 0 Å². The zero-order chi connectivity index (χ0) is 9.26. The average Bonchev–Trinajstić information content (AvgIpc) is 2.47. The first-order valence-corrected chi connectivity index (χ1v) is 4.34. The fourth-order valence-corrected chi connectivity index (χ4v) is 1.65. The van der Waals surface area contributed by atoms with Crippen molar-refractivity contribution in [3.8, 4) is 0 Å². The molecule has 1 aromatic rings. The van der Waals surface area contributed by atoms with Crippen LogP contribution in [0.5, 0.6) is 0 Å². The van der Waals surface area contributed by atoms with Gasteiger partial charge in [0, 0.05) is 13.5 Å². The Labute approximate surface area is 77.3 Å². The highest BCUT2D eigenvalue weighted by Crippen LogP contribution is 2.25. The predicted octanol–water partition coefficient (Wildman–Crippen LogP) is 1.09. The topological polar surface area (TPSA) is 32.3 Å². The van der Waals surface area contributed by atoms with Gasteiger partial charge in [-0.05, 0) is 5.56 Å². The maximum atomic E-state index is 11.1. The van der Waals surface area contributed by atoms with E-state index < -0.39 is 0 Å². The quantitative estimate of drug-likeness (QED) is 0.694. The summed E-state index contributed by atoms with van der Waals surface area (Å²) in [6.07, 6.45) is 0.556. The molecule has 1 heterocycles. The number of hydrogen-bond donors (Lipinski definition) is 1. The van der Waals surface area contributed by atoms with Crippen LogP contribution in [0, 0.1) is 0 Å². The minimum Gasteiger partial charge on any atom is -0.289 e. The van der Waals surface area contributed by atoms with Gasteiger partial charge in [0.1, 0.15) is 0 Å². The summed E-state index contributed by atoms with van der Waals surface area (Å²) in [7, 11) is 1.89. The van der Waals surface area contributed by atoms with Crippen LogP contribution in [-0.2, 0) is 4.79 Å². The van der Waals surface area contributed by atoms with E-state index in [0.29, 0.717) is 6.42 Å². The summed E-state index contributed by atoms with van der Waals surface area (Å²) < 4.78 is 0. The van der Waals surface area contributed by atoms with E-state index in [9.17, 15) is 4.79 Å². The minimum absolute atomic E-state index is 0.0938. The maximum Gasteiger partial charge on any atom is 0.236 e. The van der Waals surface area contributed by atoms with Crippen LogP contribution in [0.15, 0.2) is 30.3 Å². The number of carbonyl (C=O) groups is 1. The van der Waals surface area contributed by atoms with Gasteiger partial charge < -0.3 is 0 Å². The molecule has 2 rings (SSSR count). The van der Waals surface area contributed by atoms with Crippen LogP contribution in [0.3, 0.4) is 0 Å². The Kier molecular flexibility index (Phi) is 2.02. The molecular formula is C10H12N2O. The number of nitrogens with one attached hydrogen (secondary N) is 1. The second kappa shape index (κ2) is 3.18. The molecule has 1 saturated heterocycles. The first-order chi connectivity index (χ1) is 6.27. The van der Waals surface area contributed by atoms with Crippen molar-refractivity contribution in [1.29, 1.82) is 0 Å². The lowest BCUT2D eigenvalue weighted by molar-refractivity contribution is -0.120. The molecule has 0 aliphatic carbocycles. The van der Waals surface area contributed by atoms with Gasteiger partial charge in [-0.15, -0.1) is 0 Å². The van der Waals surface area contributed by atoms with E-state index in [1.165, 1.54) is 5.56 Å². The normalized spacial score (nSPS) is 23.2. The predicted molar refractivity (Wildman–Crippen MR) is 49.7 cm³/mol. The molecule has 1 N–H and O–H groups in total. The van der Waals surface area contributed by atoms with Crippen LogP contribution in [0.1, 0.15) is 18.0 Å². The summed E-state index contributed by atoms with van der Waals surface area (Å²) in [4.78, 5) is 11.1.